The number of amides is 4. The van der Waals surface area contributed by atoms with E-state index < -0.39 is 23.7 Å². The van der Waals surface area contributed by atoms with Gasteiger partial charge in [-0.25, -0.2) is 0 Å². The molecule has 5 aliphatic rings. The number of nitrogens with zero attached hydrogens (tertiary/aromatic N) is 2. The monoisotopic (exact) mass is 326 g/mol. The first-order valence-corrected chi connectivity index (χ1v) is 8.13. The van der Waals surface area contributed by atoms with Crippen LogP contribution in [0.5, 0.6) is 0 Å². The fourth-order valence-electron chi connectivity index (χ4n) is 4.97. The van der Waals surface area contributed by atoms with Crippen LogP contribution in [-0.2, 0) is 19.2 Å². The van der Waals surface area contributed by atoms with Crippen LogP contribution >= 0.6 is 0 Å². The minimum Gasteiger partial charge on any atom is -0.278 e. The molecule has 3 fully saturated rings. The lowest BCUT2D eigenvalue weighted by Gasteiger charge is -2.44. The lowest BCUT2D eigenvalue weighted by Crippen LogP contribution is -2.50. The molecular formula is C18H18N2O4. The highest BCUT2D eigenvalue weighted by Crippen LogP contribution is 2.57. The molecule has 24 heavy (non-hydrogen) atoms. The van der Waals surface area contributed by atoms with E-state index in [0.29, 0.717) is 0 Å². The number of likely N-dealkylation sites (tertiary alicyclic amines) is 2. The number of imide groups is 2. The second-order valence-corrected chi connectivity index (χ2v) is 6.79. The van der Waals surface area contributed by atoms with E-state index in [-0.39, 0.29) is 48.6 Å². The smallest absolute Gasteiger partial charge is 0.234 e. The Morgan fingerprint density at radius 3 is 1.25 bits per heavy atom. The molecule has 0 spiro atoms. The lowest BCUT2D eigenvalue weighted by atomic mass is 9.54. The van der Waals surface area contributed by atoms with E-state index in [4.69, 9.17) is 0 Å². The highest BCUT2D eigenvalue weighted by molar-refractivity contribution is 6.11. The van der Waals surface area contributed by atoms with Gasteiger partial charge in [0.1, 0.15) is 0 Å². The number of allylic oxidation sites excluding steroid dienone is 2. The van der Waals surface area contributed by atoms with Crippen LogP contribution in [0.2, 0.25) is 0 Å². The fraction of sp³-hybridized carbons (Fsp3) is 0.444. The van der Waals surface area contributed by atoms with Crippen LogP contribution in [0.1, 0.15) is 0 Å². The first-order chi connectivity index (χ1) is 11.5. The molecule has 0 aromatic carbocycles. The van der Waals surface area contributed by atoms with Crippen molar-refractivity contribution < 1.29 is 19.2 Å². The normalized spacial score (nSPS) is 39.5. The molecule has 2 heterocycles. The van der Waals surface area contributed by atoms with Crippen molar-refractivity contribution in [2.24, 2.45) is 35.5 Å². The van der Waals surface area contributed by atoms with Gasteiger partial charge in [0.2, 0.25) is 23.6 Å². The molecule has 5 rings (SSSR count). The van der Waals surface area contributed by atoms with Gasteiger partial charge < -0.3 is 0 Å². The van der Waals surface area contributed by atoms with Gasteiger partial charge in [-0.1, -0.05) is 24.3 Å². The van der Waals surface area contributed by atoms with Gasteiger partial charge in [-0.3, -0.25) is 29.0 Å². The first kappa shape index (κ1) is 15.1. The topological polar surface area (TPSA) is 74.8 Å². The van der Waals surface area contributed by atoms with Crippen molar-refractivity contribution in [2.45, 2.75) is 0 Å². The second kappa shape index (κ2) is 5.00. The lowest BCUT2D eigenvalue weighted by molar-refractivity contribution is -0.139. The number of rotatable bonds is 4. The third kappa shape index (κ3) is 1.60. The largest absolute Gasteiger partial charge is 0.278 e. The van der Waals surface area contributed by atoms with Gasteiger partial charge in [0.25, 0.3) is 0 Å². The molecule has 6 atom stereocenters. The van der Waals surface area contributed by atoms with Gasteiger partial charge in [-0.15, -0.1) is 13.2 Å². The van der Waals surface area contributed by atoms with Gasteiger partial charge >= 0.3 is 0 Å². The van der Waals surface area contributed by atoms with Crippen molar-refractivity contribution in [3.63, 3.8) is 0 Å². The van der Waals surface area contributed by atoms with E-state index in [0.717, 1.165) is 0 Å². The van der Waals surface area contributed by atoms with E-state index in [1.807, 2.05) is 12.2 Å². The van der Waals surface area contributed by atoms with Crippen molar-refractivity contribution in [1.82, 2.24) is 9.80 Å². The van der Waals surface area contributed by atoms with Crippen molar-refractivity contribution in [1.29, 1.82) is 0 Å². The Hall–Kier alpha value is -2.50. The zero-order valence-electron chi connectivity index (χ0n) is 13.1. The summed E-state index contributed by atoms with van der Waals surface area (Å²) in [5.74, 6) is -3.89. The first-order valence-electron chi connectivity index (χ1n) is 8.13. The number of carbonyl (C=O) groups is 4. The number of carbonyl (C=O) groups excluding carboxylic acids is 4. The minimum atomic E-state index is -0.533. The van der Waals surface area contributed by atoms with E-state index in [1.54, 1.807) is 0 Å². The standard InChI is InChI=1S/C18H18N2O4/c1-3-7-19-15(21)11-9-5-6-10(12(11)16(19)22)14-13(9)17(23)20(8-4-2)18(14)24/h3-6,9-14H,1-2,7-8H2/t9?,10?,11-,12-,13-,14+/m1/s1. The Kier molecular flexibility index (Phi) is 3.13. The predicted molar refractivity (Wildman–Crippen MR) is 83.9 cm³/mol. The van der Waals surface area contributed by atoms with Crippen LogP contribution < -0.4 is 0 Å². The zero-order chi connectivity index (χ0) is 17.2. The Bertz CT molecular complexity index is 621. The summed E-state index contributed by atoms with van der Waals surface area (Å²) in [4.78, 5) is 53.3. The summed E-state index contributed by atoms with van der Waals surface area (Å²) in [7, 11) is 0. The van der Waals surface area contributed by atoms with Crippen LogP contribution in [0.3, 0.4) is 0 Å². The summed E-state index contributed by atoms with van der Waals surface area (Å²) in [6.07, 6.45) is 6.76. The van der Waals surface area contributed by atoms with Crippen molar-refractivity contribution in [3.05, 3.63) is 37.5 Å². The molecule has 124 valence electrons. The molecule has 6 heteroatoms. The average Bonchev–Trinajstić information content (AvgIpc) is 2.99. The van der Waals surface area contributed by atoms with Crippen LogP contribution in [0, 0.1) is 35.5 Å². The number of hydrogen-bond acceptors (Lipinski definition) is 4. The van der Waals surface area contributed by atoms with Gasteiger partial charge in [0, 0.05) is 24.9 Å². The molecule has 0 aromatic heterocycles. The highest BCUT2D eigenvalue weighted by atomic mass is 16.2. The second-order valence-electron chi connectivity index (χ2n) is 6.79. The maximum atomic E-state index is 12.7. The quantitative estimate of drug-likeness (QED) is 0.553. The van der Waals surface area contributed by atoms with Gasteiger partial charge in [-0.2, -0.15) is 0 Å². The van der Waals surface area contributed by atoms with E-state index in [2.05, 4.69) is 13.2 Å². The van der Waals surface area contributed by atoms with Crippen LogP contribution in [-0.4, -0.2) is 46.5 Å². The van der Waals surface area contributed by atoms with E-state index >= 15 is 0 Å². The van der Waals surface area contributed by atoms with Gasteiger partial charge in [0.05, 0.1) is 23.7 Å². The van der Waals surface area contributed by atoms with Gasteiger partial charge in [-0.05, 0) is 0 Å². The maximum absolute atomic E-state index is 12.7. The average molecular weight is 326 g/mol. The summed E-state index contributed by atoms with van der Waals surface area (Å²) in [5.41, 5.74) is 0. The van der Waals surface area contributed by atoms with E-state index in [1.165, 1.54) is 22.0 Å². The SMILES string of the molecule is C=CCN1C(=O)[C@@H]2C3C=CC([C@H]2C1=O)[C@@H]1C(=O)N(CC=C)C(=O)[C@H]31. The summed E-state index contributed by atoms with van der Waals surface area (Å²) in [5, 5.41) is 0. The van der Waals surface area contributed by atoms with Crippen LogP contribution in [0.25, 0.3) is 0 Å². The third-order valence-electron chi connectivity index (χ3n) is 5.82. The minimum absolute atomic E-state index is 0.171. The molecule has 6 nitrogen and oxygen atoms in total. The van der Waals surface area contributed by atoms with Crippen molar-refractivity contribution >= 4 is 23.6 Å². The Morgan fingerprint density at radius 1 is 0.708 bits per heavy atom. The summed E-state index contributed by atoms with van der Waals surface area (Å²) >= 11 is 0. The summed E-state index contributed by atoms with van der Waals surface area (Å²) in [6.45, 7) is 7.52. The van der Waals surface area contributed by atoms with Crippen LogP contribution in [0.4, 0.5) is 0 Å². The molecule has 2 aliphatic heterocycles. The van der Waals surface area contributed by atoms with Crippen molar-refractivity contribution in [3.8, 4) is 0 Å². The molecule has 1 saturated carbocycles. The predicted octanol–water partition coefficient (Wildman–Crippen LogP) is 0.377. The van der Waals surface area contributed by atoms with E-state index in [9.17, 15) is 19.2 Å². The molecule has 0 radical (unpaired) electrons. The molecule has 2 unspecified atom stereocenters. The third-order valence-corrected chi connectivity index (χ3v) is 5.82. The maximum Gasteiger partial charge on any atom is 0.234 e. The van der Waals surface area contributed by atoms with Gasteiger partial charge in [0.15, 0.2) is 0 Å². The molecule has 0 aromatic rings. The Labute approximate surface area is 139 Å². The molecule has 2 bridgehead atoms. The number of hydrogen-bond donors (Lipinski definition) is 0. The fourth-order valence-corrected chi connectivity index (χ4v) is 4.97. The zero-order valence-corrected chi connectivity index (χ0v) is 13.1. The van der Waals surface area contributed by atoms with Crippen LogP contribution in [0.15, 0.2) is 37.5 Å². The summed E-state index contributed by atoms with van der Waals surface area (Å²) in [6, 6.07) is 0. The molecule has 4 amide bonds. The molecule has 3 aliphatic carbocycles. The van der Waals surface area contributed by atoms with Crippen molar-refractivity contribution in [2.75, 3.05) is 13.1 Å². The summed E-state index contributed by atoms with van der Waals surface area (Å²) < 4.78 is 0. The molecule has 0 N–H and O–H groups in total. The Morgan fingerprint density at radius 2 is 1.00 bits per heavy atom. The highest BCUT2D eigenvalue weighted by Gasteiger charge is 2.68. The molecular weight excluding hydrogens is 308 g/mol. The Balaban J connectivity index is 1.76. The molecule has 2 saturated heterocycles.